The van der Waals surface area contributed by atoms with Crippen molar-refractivity contribution in [1.29, 1.82) is 0 Å². The fourth-order valence-electron chi connectivity index (χ4n) is 4.74. The number of hydrogen-bond acceptors (Lipinski definition) is 1. The van der Waals surface area contributed by atoms with Gasteiger partial charge in [-0.25, -0.2) is 0 Å². The zero-order valence-electron chi connectivity index (χ0n) is 13.8. The second kappa shape index (κ2) is 6.07. The van der Waals surface area contributed by atoms with Crippen LogP contribution in [0.15, 0.2) is 53.3 Å². The number of hydrogen-bond donors (Lipinski definition) is 1. The third-order valence-electron chi connectivity index (χ3n) is 6.15. The minimum Gasteiger partial charge on any atom is -0.393 e. The van der Waals surface area contributed by atoms with Gasteiger partial charge in [-0.1, -0.05) is 43.4 Å². The molecule has 3 aliphatic rings. The van der Waals surface area contributed by atoms with Crippen molar-refractivity contribution in [2.24, 2.45) is 11.3 Å². The van der Waals surface area contributed by atoms with Crippen molar-refractivity contribution >= 4 is 0 Å². The van der Waals surface area contributed by atoms with Gasteiger partial charge in [-0.05, 0) is 68.4 Å². The fourth-order valence-corrected chi connectivity index (χ4v) is 4.74. The Hall–Kier alpha value is -1.30. The summed E-state index contributed by atoms with van der Waals surface area (Å²) in [5.74, 6) is 0.657. The average molecular weight is 296 g/mol. The highest BCUT2D eigenvalue weighted by Crippen LogP contribution is 2.56. The highest BCUT2D eigenvalue weighted by atomic mass is 16.3. The van der Waals surface area contributed by atoms with Gasteiger partial charge in [-0.15, -0.1) is 5.73 Å². The number of aliphatic hydroxyl groups is 1. The van der Waals surface area contributed by atoms with E-state index in [1.165, 1.54) is 42.4 Å². The van der Waals surface area contributed by atoms with Crippen molar-refractivity contribution in [3.63, 3.8) is 0 Å². The molecule has 0 saturated heterocycles. The van der Waals surface area contributed by atoms with E-state index >= 15 is 0 Å². The van der Waals surface area contributed by atoms with Gasteiger partial charge in [0.05, 0.1) is 6.10 Å². The number of rotatable bonds is 1. The van der Waals surface area contributed by atoms with Gasteiger partial charge in [-0.3, -0.25) is 0 Å². The molecule has 3 aliphatic carbocycles. The van der Waals surface area contributed by atoms with Gasteiger partial charge >= 0.3 is 0 Å². The summed E-state index contributed by atoms with van der Waals surface area (Å²) in [7, 11) is 0. The first kappa shape index (κ1) is 15.6. The molecular weight excluding hydrogens is 268 g/mol. The monoisotopic (exact) mass is 296 g/mol. The molecule has 0 aromatic carbocycles. The standard InChI is InChI=1S/C21H28O/c1-4-18-10-12-20-16(6-5-13-21(18,20)3)8-9-17-14-19(22)11-7-15(17)2/h8-9,19-20,22H,1-2,5-7,10-14H2,3H3/b16-8+,17-9-/t19-,20?,21-/m1/s1. The van der Waals surface area contributed by atoms with Crippen molar-refractivity contribution < 1.29 is 5.11 Å². The van der Waals surface area contributed by atoms with Gasteiger partial charge in [0.25, 0.3) is 0 Å². The van der Waals surface area contributed by atoms with Crippen molar-refractivity contribution in [3.8, 4) is 0 Å². The van der Waals surface area contributed by atoms with E-state index in [4.69, 9.17) is 0 Å². The molecular formula is C21H28O. The zero-order chi connectivity index (χ0) is 15.7. The van der Waals surface area contributed by atoms with Crippen LogP contribution in [0, 0.1) is 11.3 Å². The molecule has 0 spiro atoms. The minimum absolute atomic E-state index is 0.187. The lowest BCUT2D eigenvalue weighted by Gasteiger charge is -2.38. The summed E-state index contributed by atoms with van der Waals surface area (Å²) in [6, 6.07) is 0. The van der Waals surface area contributed by atoms with Gasteiger partial charge in [0.1, 0.15) is 0 Å². The maximum absolute atomic E-state index is 9.87. The summed E-state index contributed by atoms with van der Waals surface area (Å²) < 4.78 is 0. The minimum atomic E-state index is -0.187. The van der Waals surface area contributed by atoms with Gasteiger partial charge in [-0.2, -0.15) is 0 Å². The number of fused-ring (bicyclic) bond motifs is 1. The first-order valence-electron chi connectivity index (χ1n) is 8.70. The summed E-state index contributed by atoms with van der Waals surface area (Å²) in [6.45, 7) is 10.5. The molecule has 0 amide bonds. The third-order valence-corrected chi connectivity index (χ3v) is 6.15. The molecule has 0 aromatic heterocycles. The first-order valence-corrected chi connectivity index (χ1v) is 8.70. The SMILES string of the molecule is C=C=C1CCC2/C(=C/C=C3/C[C@H](O)CCC3=C)CCC[C@]12C. The van der Waals surface area contributed by atoms with E-state index in [0.29, 0.717) is 5.92 Å². The van der Waals surface area contributed by atoms with E-state index in [1.54, 1.807) is 5.57 Å². The molecule has 1 N–H and O–H groups in total. The Morgan fingerprint density at radius 2 is 2.05 bits per heavy atom. The van der Waals surface area contributed by atoms with E-state index in [0.717, 1.165) is 25.7 Å². The van der Waals surface area contributed by atoms with Gasteiger partial charge in [0.2, 0.25) is 0 Å². The van der Waals surface area contributed by atoms with Crippen molar-refractivity contribution in [3.05, 3.63) is 53.3 Å². The molecule has 1 nitrogen and oxygen atoms in total. The number of aliphatic hydroxyl groups excluding tert-OH is 1. The lowest BCUT2D eigenvalue weighted by molar-refractivity contribution is 0.158. The van der Waals surface area contributed by atoms with Crippen LogP contribution in [-0.4, -0.2) is 11.2 Å². The van der Waals surface area contributed by atoms with Crippen molar-refractivity contribution in [1.82, 2.24) is 0 Å². The lowest BCUT2D eigenvalue weighted by Crippen LogP contribution is -2.28. The Kier molecular flexibility index (Phi) is 4.30. The molecule has 118 valence electrons. The van der Waals surface area contributed by atoms with Crippen LogP contribution in [0.4, 0.5) is 0 Å². The molecule has 0 aromatic rings. The second-order valence-electron chi connectivity index (χ2n) is 7.45. The largest absolute Gasteiger partial charge is 0.393 e. The Bertz CT molecular complexity index is 585. The summed E-state index contributed by atoms with van der Waals surface area (Å²) in [5.41, 5.74) is 8.98. The molecule has 1 heteroatoms. The van der Waals surface area contributed by atoms with Gasteiger partial charge < -0.3 is 5.11 Å². The predicted molar refractivity (Wildman–Crippen MR) is 92.5 cm³/mol. The van der Waals surface area contributed by atoms with E-state index < -0.39 is 0 Å². The second-order valence-corrected chi connectivity index (χ2v) is 7.45. The molecule has 3 rings (SSSR count). The molecule has 0 heterocycles. The summed E-state index contributed by atoms with van der Waals surface area (Å²) in [4.78, 5) is 0. The Morgan fingerprint density at radius 1 is 1.23 bits per heavy atom. The normalized spacial score (nSPS) is 39.2. The average Bonchev–Trinajstić information content (AvgIpc) is 2.85. The Labute approximate surface area is 134 Å². The Balaban J connectivity index is 1.85. The molecule has 0 bridgehead atoms. The summed E-state index contributed by atoms with van der Waals surface area (Å²) in [6.07, 6.45) is 13.1. The quantitative estimate of drug-likeness (QED) is 0.655. The highest BCUT2D eigenvalue weighted by molar-refractivity contribution is 5.37. The van der Waals surface area contributed by atoms with Gasteiger partial charge in [0, 0.05) is 5.41 Å². The molecule has 0 radical (unpaired) electrons. The first-order chi connectivity index (χ1) is 10.5. The summed E-state index contributed by atoms with van der Waals surface area (Å²) >= 11 is 0. The molecule has 22 heavy (non-hydrogen) atoms. The van der Waals surface area contributed by atoms with Crippen LogP contribution in [0.1, 0.15) is 58.3 Å². The van der Waals surface area contributed by atoms with Crippen LogP contribution in [0.5, 0.6) is 0 Å². The van der Waals surface area contributed by atoms with Crippen molar-refractivity contribution in [2.45, 2.75) is 64.4 Å². The zero-order valence-corrected chi connectivity index (χ0v) is 13.8. The molecule has 0 aliphatic heterocycles. The van der Waals surface area contributed by atoms with Crippen LogP contribution in [0.2, 0.25) is 0 Å². The van der Waals surface area contributed by atoms with Crippen LogP contribution in [-0.2, 0) is 0 Å². The lowest BCUT2D eigenvalue weighted by atomic mass is 9.65. The van der Waals surface area contributed by atoms with E-state index in [9.17, 15) is 5.11 Å². The highest BCUT2D eigenvalue weighted by Gasteiger charge is 2.45. The smallest absolute Gasteiger partial charge is 0.0583 e. The molecule has 1 unspecified atom stereocenters. The fraction of sp³-hybridized carbons (Fsp3) is 0.571. The Morgan fingerprint density at radius 3 is 2.82 bits per heavy atom. The van der Waals surface area contributed by atoms with E-state index in [-0.39, 0.29) is 11.5 Å². The van der Waals surface area contributed by atoms with Gasteiger partial charge in [0.15, 0.2) is 0 Å². The van der Waals surface area contributed by atoms with E-state index in [2.05, 4.69) is 38.0 Å². The predicted octanol–water partition coefficient (Wildman–Crippen LogP) is 5.25. The third kappa shape index (κ3) is 2.69. The van der Waals surface area contributed by atoms with Crippen LogP contribution in [0.3, 0.4) is 0 Å². The maximum Gasteiger partial charge on any atom is 0.0583 e. The molecule has 3 fully saturated rings. The van der Waals surface area contributed by atoms with Crippen LogP contribution >= 0.6 is 0 Å². The number of allylic oxidation sites excluding steroid dienone is 5. The van der Waals surface area contributed by atoms with E-state index in [1.807, 2.05) is 0 Å². The topological polar surface area (TPSA) is 20.2 Å². The maximum atomic E-state index is 9.87. The summed E-state index contributed by atoms with van der Waals surface area (Å²) in [5, 5.41) is 9.87. The van der Waals surface area contributed by atoms with Crippen molar-refractivity contribution in [2.75, 3.05) is 0 Å². The molecule has 3 saturated carbocycles. The molecule has 3 atom stereocenters. The van der Waals surface area contributed by atoms with Crippen LogP contribution < -0.4 is 0 Å². The van der Waals surface area contributed by atoms with Crippen LogP contribution in [0.25, 0.3) is 0 Å².